The highest BCUT2D eigenvalue weighted by atomic mass is 16.0. The Bertz CT molecular complexity index is 1730. The fourth-order valence-electron chi connectivity index (χ4n) is 7.70. The van der Waals surface area contributed by atoms with Gasteiger partial charge in [0.25, 0.3) is 0 Å². The van der Waals surface area contributed by atoms with E-state index in [1.165, 1.54) is 89.0 Å². The molecule has 0 radical (unpaired) electrons. The second-order valence-electron chi connectivity index (χ2n) is 14.6. The van der Waals surface area contributed by atoms with Gasteiger partial charge in [-0.3, -0.25) is 0 Å². The monoisotopic (exact) mass is 596 g/mol. The molecule has 0 aliphatic heterocycles. The molecule has 0 heterocycles. The highest BCUT2D eigenvalue weighted by molar-refractivity contribution is 5.80. The first kappa shape index (κ1) is 32.7. The van der Waals surface area contributed by atoms with E-state index < -0.39 is 0 Å². The van der Waals surface area contributed by atoms with Crippen molar-refractivity contribution in [2.24, 2.45) is 0 Å². The largest absolute Gasteiger partial charge is 0.412 e. The minimum atomic E-state index is 0. The summed E-state index contributed by atoms with van der Waals surface area (Å²) in [5, 5.41) is 0. The first-order valence-electron chi connectivity index (χ1n) is 16.6. The smallest absolute Gasteiger partial charge is 0.0184 e. The zero-order chi connectivity index (χ0) is 31.6. The van der Waals surface area contributed by atoms with Crippen molar-refractivity contribution in [1.29, 1.82) is 0 Å². The van der Waals surface area contributed by atoms with Crippen LogP contribution in [0.1, 0.15) is 117 Å². The Hall–Kier alpha value is -3.68. The lowest BCUT2D eigenvalue weighted by Crippen LogP contribution is -2.29. The van der Waals surface area contributed by atoms with Gasteiger partial charge in [0.2, 0.25) is 0 Å². The number of benzene rings is 4. The van der Waals surface area contributed by atoms with Gasteiger partial charge in [0.15, 0.2) is 0 Å². The molecule has 2 atom stereocenters. The van der Waals surface area contributed by atoms with Gasteiger partial charge in [0, 0.05) is 10.8 Å². The van der Waals surface area contributed by atoms with Gasteiger partial charge in [-0.05, 0) is 170 Å². The van der Waals surface area contributed by atoms with Crippen molar-refractivity contribution in [3.8, 4) is 0 Å². The second kappa shape index (κ2) is 11.9. The van der Waals surface area contributed by atoms with Crippen LogP contribution in [0.25, 0.3) is 11.1 Å². The highest BCUT2D eigenvalue weighted by Crippen LogP contribution is 2.50. The van der Waals surface area contributed by atoms with Crippen LogP contribution < -0.4 is 0 Å². The van der Waals surface area contributed by atoms with Crippen molar-refractivity contribution in [3.63, 3.8) is 0 Å². The van der Waals surface area contributed by atoms with E-state index in [0.717, 1.165) is 25.7 Å². The van der Waals surface area contributed by atoms with Gasteiger partial charge in [-0.25, -0.2) is 0 Å². The Labute approximate surface area is 272 Å². The van der Waals surface area contributed by atoms with E-state index in [-0.39, 0.29) is 16.3 Å². The van der Waals surface area contributed by atoms with E-state index >= 15 is 0 Å². The predicted molar refractivity (Wildman–Crippen MR) is 195 cm³/mol. The number of allylic oxidation sites excluding steroid dienone is 4. The van der Waals surface area contributed by atoms with E-state index in [1.807, 2.05) is 0 Å². The van der Waals surface area contributed by atoms with Crippen LogP contribution in [0.2, 0.25) is 0 Å². The van der Waals surface area contributed by atoms with E-state index in [0.29, 0.717) is 0 Å². The van der Waals surface area contributed by atoms with Crippen molar-refractivity contribution in [2.75, 3.05) is 0 Å². The molecule has 0 saturated carbocycles. The number of aryl methyl sites for hydroxylation is 8. The van der Waals surface area contributed by atoms with Crippen LogP contribution in [-0.4, -0.2) is 5.48 Å². The maximum absolute atomic E-state index is 2.48. The van der Waals surface area contributed by atoms with Gasteiger partial charge in [-0.2, -0.15) is 0 Å². The zero-order valence-electron chi connectivity index (χ0n) is 29.3. The Morgan fingerprint density at radius 3 is 1.13 bits per heavy atom. The minimum Gasteiger partial charge on any atom is -0.412 e. The van der Waals surface area contributed by atoms with Crippen LogP contribution in [0.15, 0.2) is 72.8 Å². The van der Waals surface area contributed by atoms with Gasteiger partial charge in [-0.1, -0.05) is 86.7 Å². The normalized spacial score (nSPS) is 22.6. The number of hydrogen-bond acceptors (Lipinski definition) is 0. The number of fused-ring (bicyclic) bond motifs is 2. The molecule has 0 amide bonds. The molecule has 4 aromatic rings. The lowest BCUT2D eigenvalue weighted by Gasteiger charge is -2.39. The lowest BCUT2D eigenvalue weighted by atomic mass is 9.64. The SMILES string of the molecule is Cc1ccc(C2(C)CC/C(=C\C=C3/CCC(C)(c4ccc(C)c(C)c4)c4cc(C)c(C)cc43)c3cc(C)c(C)cc32)cc1C.O. The van der Waals surface area contributed by atoms with Gasteiger partial charge in [-0.15, -0.1) is 0 Å². The van der Waals surface area contributed by atoms with Crippen LogP contribution in [0, 0.1) is 55.4 Å². The highest BCUT2D eigenvalue weighted by Gasteiger charge is 2.37. The first-order chi connectivity index (χ1) is 20.8. The molecular weight excluding hydrogens is 544 g/mol. The fraction of sp³-hybridized carbons (Fsp3) is 0.364. The maximum atomic E-state index is 2.48. The van der Waals surface area contributed by atoms with Crippen LogP contribution in [0.3, 0.4) is 0 Å². The molecule has 234 valence electrons. The van der Waals surface area contributed by atoms with Crippen molar-refractivity contribution in [2.45, 2.75) is 106 Å². The molecule has 1 heteroatoms. The summed E-state index contributed by atoms with van der Waals surface area (Å²) in [7, 11) is 0. The molecule has 6 rings (SSSR count). The molecule has 45 heavy (non-hydrogen) atoms. The third-order valence-corrected chi connectivity index (χ3v) is 11.7. The standard InChI is InChI=1S/C44H50.H2O/c1-27-11-15-37(21-29(27)3)43(9)19-17-35(39-23-31(5)33(7)25-41(39)43)13-14-36-18-20-44(10,38-16-12-28(2)30(4)22-38)42-26-34(8)32(6)24-40(36)42;/h11-16,21-26H,17-20H2,1-10H3;1H2/b35-13+,36-14+;. The summed E-state index contributed by atoms with van der Waals surface area (Å²) in [6, 6.07) is 24.1. The van der Waals surface area contributed by atoms with E-state index in [1.54, 1.807) is 0 Å². The third-order valence-electron chi connectivity index (χ3n) is 11.7. The fourth-order valence-corrected chi connectivity index (χ4v) is 7.70. The van der Waals surface area contributed by atoms with Crippen molar-refractivity contribution >= 4 is 11.1 Å². The molecule has 0 fully saturated rings. The Balaban J connectivity index is 0.00000400. The van der Waals surface area contributed by atoms with Crippen LogP contribution in [0.4, 0.5) is 0 Å². The van der Waals surface area contributed by atoms with Gasteiger partial charge in [0.05, 0.1) is 0 Å². The summed E-state index contributed by atoms with van der Waals surface area (Å²) in [4.78, 5) is 0. The summed E-state index contributed by atoms with van der Waals surface area (Å²) < 4.78 is 0. The summed E-state index contributed by atoms with van der Waals surface area (Å²) in [5.41, 5.74) is 22.7. The summed E-state index contributed by atoms with van der Waals surface area (Å²) in [5.74, 6) is 0. The maximum Gasteiger partial charge on any atom is 0.0184 e. The molecule has 2 unspecified atom stereocenters. The minimum absolute atomic E-state index is 0. The third kappa shape index (κ3) is 5.55. The molecule has 2 aliphatic carbocycles. The van der Waals surface area contributed by atoms with Crippen LogP contribution in [0.5, 0.6) is 0 Å². The summed E-state index contributed by atoms with van der Waals surface area (Å²) >= 11 is 0. The second-order valence-corrected chi connectivity index (χ2v) is 14.6. The molecule has 0 aromatic heterocycles. The molecule has 1 nitrogen and oxygen atoms in total. The average molecular weight is 597 g/mol. The topological polar surface area (TPSA) is 31.5 Å². The van der Waals surface area contributed by atoms with Gasteiger partial charge >= 0.3 is 0 Å². The summed E-state index contributed by atoms with van der Waals surface area (Å²) in [6.07, 6.45) is 9.37. The predicted octanol–water partition coefficient (Wildman–Crippen LogP) is 11.0. The Morgan fingerprint density at radius 1 is 0.444 bits per heavy atom. The molecule has 4 aromatic carbocycles. The van der Waals surface area contributed by atoms with Crippen molar-refractivity contribution in [1.82, 2.24) is 0 Å². The van der Waals surface area contributed by atoms with Crippen LogP contribution in [-0.2, 0) is 10.8 Å². The molecule has 0 bridgehead atoms. The molecule has 2 aliphatic rings. The molecular formula is C44H52O. The molecule has 0 saturated heterocycles. The van der Waals surface area contributed by atoms with Gasteiger partial charge < -0.3 is 5.48 Å². The number of rotatable bonds is 3. The van der Waals surface area contributed by atoms with E-state index in [9.17, 15) is 0 Å². The average Bonchev–Trinajstić information content (AvgIpc) is 2.98. The van der Waals surface area contributed by atoms with Crippen LogP contribution >= 0.6 is 0 Å². The van der Waals surface area contributed by atoms with Crippen molar-refractivity contribution in [3.05, 3.63) is 151 Å². The van der Waals surface area contributed by atoms with E-state index in [4.69, 9.17) is 0 Å². The first-order valence-corrected chi connectivity index (χ1v) is 16.6. The molecule has 2 N–H and O–H groups in total. The quantitative estimate of drug-likeness (QED) is 0.225. The Morgan fingerprint density at radius 2 is 0.778 bits per heavy atom. The van der Waals surface area contributed by atoms with Crippen molar-refractivity contribution < 1.29 is 5.48 Å². The number of hydrogen-bond donors (Lipinski definition) is 0. The molecule has 0 spiro atoms. The summed E-state index contributed by atoms with van der Waals surface area (Å²) in [6.45, 7) is 22.9. The van der Waals surface area contributed by atoms with E-state index in [2.05, 4.69) is 142 Å². The Kier molecular flexibility index (Phi) is 8.66. The van der Waals surface area contributed by atoms with Gasteiger partial charge in [0.1, 0.15) is 0 Å². The zero-order valence-corrected chi connectivity index (χ0v) is 29.3. The lowest BCUT2D eigenvalue weighted by molar-refractivity contribution is 0.512.